The third kappa shape index (κ3) is 6.45. The zero-order chi connectivity index (χ0) is 33.3. The van der Waals surface area contributed by atoms with Crippen molar-refractivity contribution in [3.8, 4) is 22.5 Å². The predicted octanol–water partition coefficient (Wildman–Crippen LogP) is 7.94. The van der Waals surface area contributed by atoms with E-state index in [4.69, 9.17) is 20.1 Å². The number of nitrogens with zero attached hydrogens (tertiary/aromatic N) is 4. The van der Waals surface area contributed by atoms with Gasteiger partial charge in [-0.15, -0.1) is 15.0 Å². The second-order valence-electron chi connectivity index (χ2n) is 11.7. The van der Waals surface area contributed by atoms with Gasteiger partial charge in [0.15, 0.2) is 5.54 Å². The first kappa shape index (κ1) is 32.3. The van der Waals surface area contributed by atoms with E-state index in [9.17, 15) is 9.59 Å². The molecule has 0 saturated carbocycles. The van der Waals surface area contributed by atoms with E-state index in [1.54, 1.807) is 11.7 Å². The Kier molecular flexibility index (Phi) is 9.96. The Bertz CT molecular complexity index is 1840. The Balaban J connectivity index is 1.54. The third-order valence-corrected chi connectivity index (χ3v) is 8.59. The summed E-state index contributed by atoms with van der Waals surface area (Å²) in [6.45, 7) is 3.90. The summed E-state index contributed by atoms with van der Waals surface area (Å²) in [6, 6.07) is 46.6. The van der Waals surface area contributed by atoms with Crippen molar-refractivity contribution in [2.45, 2.75) is 38.6 Å². The summed E-state index contributed by atoms with van der Waals surface area (Å²) in [4.78, 5) is 27.7. The molecular formula is C41H38N4O3. The number of carbonyl (C=O) groups is 2. The molecule has 7 nitrogen and oxygen atoms in total. The van der Waals surface area contributed by atoms with Gasteiger partial charge in [0.2, 0.25) is 5.82 Å². The Labute approximate surface area is 281 Å². The molecule has 6 rings (SSSR count). The van der Waals surface area contributed by atoms with Gasteiger partial charge in [-0.25, -0.2) is 0 Å². The molecule has 0 aliphatic rings. The van der Waals surface area contributed by atoms with Gasteiger partial charge >= 0.3 is 5.97 Å². The SMILES string of the molecule is CCCC(=O)C(Cc1ccc(-c2ccccc2)c(-c2nnn(C(c3ccccc3)(c3ccccc3)c3ccccc3)n2)c1)C(=O)OCC. The number of rotatable bonds is 13. The van der Waals surface area contributed by atoms with E-state index in [1.165, 1.54) is 0 Å². The number of aromatic nitrogens is 4. The van der Waals surface area contributed by atoms with Gasteiger partial charge < -0.3 is 4.74 Å². The van der Waals surface area contributed by atoms with E-state index < -0.39 is 17.4 Å². The largest absolute Gasteiger partial charge is 0.465 e. The molecular weight excluding hydrogens is 596 g/mol. The number of hydrogen-bond donors (Lipinski definition) is 0. The average molecular weight is 635 g/mol. The molecule has 1 atom stereocenters. The topological polar surface area (TPSA) is 87.0 Å². The van der Waals surface area contributed by atoms with Crippen LogP contribution in [-0.4, -0.2) is 38.6 Å². The van der Waals surface area contributed by atoms with E-state index in [0.29, 0.717) is 18.7 Å². The van der Waals surface area contributed by atoms with Crippen LogP contribution in [0.5, 0.6) is 0 Å². The monoisotopic (exact) mass is 634 g/mol. The molecule has 6 aromatic rings. The van der Waals surface area contributed by atoms with Gasteiger partial charge in [-0.3, -0.25) is 9.59 Å². The summed E-state index contributed by atoms with van der Waals surface area (Å²) < 4.78 is 5.32. The molecule has 1 unspecified atom stereocenters. The normalized spacial score (nSPS) is 12.0. The standard InChI is InChI=1S/C41H38N4O3/c1-3-17-38(46)37(40(47)48-4-2)29-30-26-27-35(31-18-9-5-10-19-31)36(28-30)39-42-44-45(43-39)41(32-20-11-6-12-21-32,33-22-13-7-14-23-33)34-24-15-8-16-25-34/h5-16,18-28,37H,3-4,17,29H2,1-2H3. The summed E-state index contributed by atoms with van der Waals surface area (Å²) in [5, 5.41) is 14.6. The predicted molar refractivity (Wildman–Crippen MR) is 187 cm³/mol. The highest BCUT2D eigenvalue weighted by Gasteiger charge is 2.41. The van der Waals surface area contributed by atoms with Crippen LogP contribution in [0.2, 0.25) is 0 Å². The molecule has 5 aromatic carbocycles. The molecule has 0 amide bonds. The number of Topliss-reactive ketones (excluding diaryl/α,β-unsaturated/α-hetero) is 1. The number of ether oxygens (including phenoxy) is 1. The maximum atomic E-state index is 13.1. The molecule has 0 bridgehead atoms. The van der Waals surface area contributed by atoms with Crippen molar-refractivity contribution >= 4 is 11.8 Å². The Morgan fingerprint density at radius 3 is 1.77 bits per heavy atom. The molecule has 7 heteroatoms. The lowest BCUT2D eigenvalue weighted by Gasteiger charge is -2.34. The lowest BCUT2D eigenvalue weighted by Crippen LogP contribution is -2.39. The minimum Gasteiger partial charge on any atom is -0.465 e. The van der Waals surface area contributed by atoms with Crippen LogP contribution in [0.4, 0.5) is 0 Å². The van der Waals surface area contributed by atoms with Crippen LogP contribution in [0.3, 0.4) is 0 Å². The fraction of sp³-hybridized carbons (Fsp3) is 0.195. The number of esters is 1. The summed E-state index contributed by atoms with van der Waals surface area (Å²) in [6.07, 6.45) is 1.19. The molecule has 0 spiro atoms. The molecule has 0 aliphatic heterocycles. The van der Waals surface area contributed by atoms with E-state index in [0.717, 1.165) is 38.9 Å². The molecule has 48 heavy (non-hydrogen) atoms. The molecule has 0 radical (unpaired) electrons. The van der Waals surface area contributed by atoms with Crippen molar-refractivity contribution in [2.75, 3.05) is 6.61 Å². The van der Waals surface area contributed by atoms with Gasteiger partial charge in [0.05, 0.1) is 6.61 Å². The number of benzene rings is 5. The number of tetrazole rings is 1. The highest BCUT2D eigenvalue weighted by atomic mass is 16.5. The van der Waals surface area contributed by atoms with E-state index in [1.807, 2.05) is 110 Å². The maximum Gasteiger partial charge on any atom is 0.316 e. The van der Waals surface area contributed by atoms with Crippen molar-refractivity contribution in [2.24, 2.45) is 5.92 Å². The van der Waals surface area contributed by atoms with E-state index >= 15 is 0 Å². The quantitative estimate of drug-likeness (QED) is 0.0728. The molecule has 1 aromatic heterocycles. The molecule has 1 heterocycles. The molecule has 240 valence electrons. The van der Waals surface area contributed by atoms with Crippen molar-refractivity contribution < 1.29 is 14.3 Å². The summed E-state index contributed by atoms with van der Waals surface area (Å²) in [5.41, 5.74) is 5.47. The first-order chi connectivity index (χ1) is 23.6. The molecule has 0 fully saturated rings. The first-order valence-electron chi connectivity index (χ1n) is 16.4. The minimum atomic E-state index is -0.929. The second kappa shape index (κ2) is 14.8. The second-order valence-corrected chi connectivity index (χ2v) is 11.7. The van der Waals surface area contributed by atoms with Crippen molar-refractivity contribution in [1.29, 1.82) is 0 Å². The van der Waals surface area contributed by atoms with Crippen LogP contribution < -0.4 is 0 Å². The zero-order valence-corrected chi connectivity index (χ0v) is 27.2. The van der Waals surface area contributed by atoms with Crippen LogP contribution in [0.1, 0.15) is 48.9 Å². The molecule has 0 aliphatic carbocycles. The number of ketones is 1. The average Bonchev–Trinajstić information content (AvgIpc) is 3.63. The molecule has 0 N–H and O–H groups in total. The van der Waals surface area contributed by atoms with Gasteiger partial charge in [0.1, 0.15) is 11.7 Å². The van der Waals surface area contributed by atoms with Gasteiger partial charge in [0.25, 0.3) is 0 Å². The fourth-order valence-corrected chi connectivity index (χ4v) is 6.35. The number of hydrogen-bond acceptors (Lipinski definition) is 6. The maximum absolute atomic E-state index is 13.1. The van der Waals surface area contributed by atoms with Crippen LogP contribution >= 0.6 is 0 Å². The summed E-state index contributed by atoms with van der Waals surface area (Å²) >= 11 is 0. The lowest BCUT2D eigenvalue weighted by molar-refractivity contribution is -0.151. The highest BCUT2D eigenvalue weighted by molar-refractivity contribution is 5.99. The van der Waals surface area contributed by atoms with Crippen LogP contribution in [0, 0.1) is 5.92 Å². The third-order valence-electron chi connectivity index (χ3n) is 8.59. The van der Waals surface area contributed by atoms with Crippen LogP contribution in [0.25, 0.3) is 22.5 Å². The smallest absolute Gasteiger partial charge is 0.316 e. The summed E-state index contributed by atoms with van der Waals surface area (Å²) in [7, 11) is 0. The van der Waals surface area contributed by atoms with Gasteiger partial charge in [-0.05, 0) is 64.4 Å². The summed E-state index contributed by atoms with van der Waals surface area (Å²) in [5.74, 6) is -1.07. The Hall–Kier alpha value is -5.69. The van der Waals surface area contributed by atoms with Gasteiger partial charge in [0, 0.05) is 12.0 Å². The lowest BCUT2D eigenvalue weighted by atomic mass is 9.77. The van der Waals surface area contributed by atoms with E-state index in [-0.39, 0.29) is 18.8 Å². The van der Waals surface area contributed by atoms with Crippen molar-refractivity contribution in [3.05, 3.63) is 162 Å². The van der Waals surface area contributed by atoms with Gasteiger partial charge in [-0.2, -0.15) is 0 Å². The number of carbonyl (C=O) groups excluding carboxylic acids is 2. The molecule has 0 saturated heterocycles. The Morgan fingerprint density at radius 1 is 0.708 bits per heavy atom. The fourth-order valence-electron chi connectivity index (χ4n) is 6.35. The Morgan fingerprint density at radius 2 is 1.25 bits per heavy atom. The highest BCUT2D eigenvalue weighted by Crippen LogP contribution is 2.40. The van der Waals surface area contributed by atoms with Crippen LogP contribution in [0.15, 0.2) is 140 Å². The zero-order valence-electron chi connectivity index (χ0n) is 27.2. The minimum absolute atomic E-state index is 0.118. The van der Waals surface area contributed by atoms with Gasteiger partial charge in [-0.1, -0.05) is 140 Å². The van der Waals surface area contributed by atoms with Crippen molar-refractivity contribution in [3.63, 3.8) is 0 Å². The first-order valence-corrected chi connectivity index (χ1v) is 16.4. The van der Waals surface area contributed by atoms with E-state index in [2.05, 4.69) is 36.4 Å². The van der Waals surface area contributed by atoms with Crippen LogP contribution in [-0.2, 0) is 26.3 Å². The van der Waals surface area contributed by atoms with Crippen molar-refractivity contribution in [1.82, 2.24) is 20.2 Å².